The van der Waals surface area contributed by atoms with Crippen LogP contribution in [0.4, 0.5) is 0 Å². The molecule has 0 aliphatic heterocycles. The predicted octanol–water partition coefficient (Wildman–Crippen LogP) is 1.28. The lowest BCUT2D eigenvalue weighted by molar-refractivity contribution is -0.144. The van der Waals surface area contributed by atoms with Gasteiger partial charge in [-0.15, -0.1) is 11.3 Å². The zero-order chi connectivity index (χ0) is 15.8. The Bertz CT molecular complexity index is 513. The first-order chi connectivity index (χ1) is 9.99. The van der Waals surface area contributed by atoms with E-state index in [-0.39, 0.29) is 19.4 Å². The second-order valence-corrected chi connectivity index (χ2v) is 4.94. The van der Waals surface area contributed by atoms with E-state index in [0.29, 0.717) is 10.6 Å². The lowest BCUT2D eigenvalue weighted by Gasteiger charge is -2.14. The Morgan fingerprint density at radius 1 is 1.43 bits per heavy atom. The summed E-state index contributed by atoms with van der Waals surface area (Å²) in [6, 6.07) is 0.460. The molecule has 0 saturated carbocycles. The number of aliphatic carboxylic acids is 1. The molecule has 1 atom stereocenters. The smallest absolute Gasteiger partial charge is 0.326 e. The van der Waals surface area contributed by atoms with Crippen molar-refractivity contribution in [3.63, 3.8) is 0 Å². The Hall–Kier alpha value is -2.09. The molecule has 7 nitrogen and oxygen atoms in total. The van der Waals surface area contributed by atoms with Crippen LogP contribution in [-0.2, 0) is 14.3 Å². The van der Waals surface area contributed by atoms with Gasteiger partial charge >= 0.3 is 11.9 Å². The minimum Gasteiger partial charge on any atom is -0.495 e. The highest BCUT2D eigenvalue weighted by Crippen LogP contribution is 2.24. The number of hydrogen-bond donors (Lipinski definition) is 2. The molecule has 1 heterocycles. The van der Waals surface area contributed by atoms with Gasteiger partial charge in [0, 0.05) is 6.42 Å². The highest BCUT2D eigenvalue weighted by molar-refractivity contribution is 7.12. The number of rotatable bonds is 8. The fraction of sp³-hybridized carbons (Fsp3) is 0.462. The number of esters is 1. The quantitative estimate of drug-likeness (QED) is 0.701. The molecule has 0 aliphatic carbocycles. The number of ether oxygens (including phenoxy) is 2. The summed E-state index contributed by atoms with van der Waals surface area (Å²) in [5.41, 5.74) is 0. The maximum absolute atomic E-state index is 12.0. The molecular weight excluding hydrogens is 298 g/mol. The summed E-state index contributed by atoms with van der Waals surface area (Å²) in [6.45, 7) is 1.90. The second-order valence-electron chi connectivity index (χ2n) is 4.03. The number of carboxylic acid groups (broad SMARTS) is 1. The van der Waals surface area contributed by atoms with Gasteiger partial charge in [0.2, 0.25) is 0 Å². The number of thiophene rings is 1. The van der Waals surface area contributed by atoms with E-state index in [1.54, 1.807) is 18.4 Å². The van der Waals surface area contributed by atoms with Crippen LogP contribution >= 0.6 is 11.3 Å². The Morgan fingerprint density at radius 3 is 2.71 bits per heavy atom. The van der Waals surface area contributed by atoms with E-state index in [2.05, 4.69) is 5.32 Å². The van der Waals surface area contributed by atoms with E-state index >= 15 is 0 Å². The molecular formula is C13H17NO6S. The van der Waals surface area contributed by atoms with E-state index in [4.69, 9.17) is 14.6 Å². The van der Waals surface area contributed by atoms with Crippen LogP contribution in [0.5, 0.6) is 5.75 Å². The van der Waals surface area contributed by atoms with Gasteiger partial charge in [-0.3, -0.25) is 9.59 Å². The Morgan fingerprint density at radius 2 is 2.14 bits per heavy atom. The molecule has 1 rings (SSSR count). The van der Waals surface area contributed by atoms with Crippen molar-refractivity contribution in [3.8, 4) is 5.75 Å². The summed E-state index contributed by atoms with van der Waals surface area (Å²) < 4.78 is 9.73. The third-order valence-corrected chi connectivity index (χ3v) is 3.50. The third-order valence-electron chi connectivity index (χ3n) is 2.60. The van der Waals surface area contributed by atoms with Crippen LogP contribution in [0.25, 0.3) is 0 Å². The fourth-order valence-corrected chi connectivity index (χ4v) is 2.36. The van der Waals surface area contributed by atoms with Crippen molar-refractivity contribution < 1.29 is 29.0 Å². The predicted molar refractivity (Wildman–Crippen MR) is 75.6 cm³/mol. The van der Waals surface area contributed by atoms with Gasteiger partial charge in [-0.25, -0.2) is 4.79 Å². The number of carbonyl (C=O) groups is 3. The Kier molecular flexibility index (Phi) is 6.67. The van der Waals surface area contributed by atoms with Gasteiger partial charge in [-0.2, -0.15) is 0 Å². The minimum atomic E-state index is -1.21. The first kappa shape index (κ1) is 17.0. The molecule has 0 fully saturated rings. The highest BCUT2D eigenvalue weighted by Gasteiger charge is 2.24. The number of amides is 1. The number of carbonyl (C=O) groups excluding carboxylic acids is 2. The van der Waals surface area contributed by atoms with Crippen molar-refractivity contribution in [1.82, 2.24) is 5.32 Å². The normalized spacial score (nSPS) is 11.5. The molecule has 8 heteroatoms. The van der Waals surface area contributed by atoms with Crippen LogP contribution in [-0.4, -0.2) is 42.7 Å². The summed E-state index contributed by atoms with van der Waals surface area (Å²) in [7, 11) is 1.42. The molecule has 0 aromatic carbocycles. The molecule has 0 radical (unpaired) electrons. The van der Waals surface area contributed by atoms with Crippen molar-refractivity contribution in [1.29, 1.82) is 0 Å². The van der Waals surface area contributed by atoms with Crippen LogP contribution in [0.1, 0.15) is 29.4 Å². The SMILES string of the molecule is CCOC(=O)CC[C@H](NC(=O)c1sccc1OC)C(=O)O. The number of methoxy groups -OCH3 is 1. The summed E-state index contributed by atoms with van der Waals surface area (Å²) in [5, 5.41) is 13.1. The molecule has 0 saturated heterocycles. The second kappa shape index (κ2) is 8.25. The molecule has 0 aliphatic rings. The van der Waals surface area contributed by atoms with Gasteiger partial charge in [0.1, 0.15) is 16.7 Å². The van der Waals surface area contributed by atoms with Gasteiger partial charge in [0.25, 0.3) is 5.91 Å². The standard InChI is InChI=1S/C13H17NO6S/c1-3-20-10(15)5-4-8(13(17)18)14-12(16)11-9(19-2)6-7-21-11/h6-8H,3-5H2,1-2H3,(H,14,16)(H,17,18)/t8-/m0/s1. The molecule has 1 amide bonds. The summed E-state index contributed by atoms with van der Waals surface area (Å²) in [5.74, 6) is -1.86. The number of hydrogen-bond acceptors (Lipinski definition) is 6. The first-order valence-corrected chi connectivity index (χ1v) is 7.18. The molecule has 0 unspecified atom stereocenters. The number of carboxylic acids is 1. The Balaban J connectivity index is 2.64. The lowest BCUT2D eigenvalue weighted by atomic mass is 10.1. The van der Waals surface area contributed by atoms with E-state index in [1.807, 2.05) is 0 Å². The van der Waals surface area contributed by atoms with Gasteiger partial charge in [0.15, 0.2) is 0 Å². The number of nitrogens with one attached hydrogen (secondary N) is 1. The van der Waals surface area contributed by atoms with Crippen molar-refractivity contribution in [2.24, 2.45) is 0 Å². The van der Waals surface area contributed by atoms with Gasteiger partial charge in [0.05, 0.1) is 13.7 Å². The topological polar surface area (TPSA) is 102 Å². The zero-order valence-electron chi connectivity index (χ0n) is 11.8. The highest BCUT2D eigenvalue weighted by atomic mass is 32.1. The average Bonchev–Trinajstić information content (AvgIpc) is 2.91. The van der Waals surface area contributed by atoms with E-state index in [1.165, 1.54) is 7.11 Å². The van der Waals surface area contributed by atoms with Crippen molar-refractivity contribution in [2.75, 3.05) is 13.7 Å². The first-order valence-electron chi connectivity index (χ1n) is 6.30. The zero-order valence-corrected chi connectivity index (χ0v) is 12.6. The summed E-state index contributed by atoms with van der Waals surface area (Å²) in [6.07, 6.45) is -0.111. The van der Waals surface area contributed by atoms with Gasteiger partial charge in [-0.1, -0.05) is 0 Å². The fourth-order valence-electron chi connectivity index (χ4n) is 1.60. The minimum absolute atomic E-state index is 0.0341. The molecule has 1 aromatic heterocycles. The van der Waals surface area contributed by atoms with Crippen LogP contribution in [0.15, 0.2) is 11.4 Å². The van der Waals surface area contributed by atoms with Gasteiger partial charge in [-0.05, 0) is 24.8 Å². The maximum Gasteiger partial charge on any atom is 0.326 e. The molecule has 2 N–H and O–H groups in total. The van der Waals surface area contributed by atoms with E-state index in [9.17, 15) is 14.4 Å². The lowest BCUT2D eigenvalue weighted by Crippen LogP contribution is -2.41. The average molecular weight is 315 g/mol. The van der Waals surface area contributed by atoms with Crippen LogP contribution in [0.3, 0.4) is 0 Å². The van der Waals surface area contributed by atoms with Crippen molar-refractivity contribution >= 4 is 29.2 Å². The van der Waals surface area contributed by atoms with Crippen LogP contribution < -0.4 is 10.1 Å². The molecule has 116 valence electrons. The van der Waals surface area contributed by atoms with Crippen LogP contribution in [0.2, 0.25) is 0 Å². The Labute approximate surface area is 125 Å². The van der Waals surface area contributed by atoms with Crippen molar-refractivity contribution in [3.05, 3.63) is 16.3 Å². The third kappa shape index (κ3) is 5.07. The summed E-state index contributed by atoms with van der Waals surface area (Å²) in [4.78, 5) is 34.7. The van der Waals surface area contributed by atoms with Crippen molar-refractivity contribution in [2.45, 2.75) is 25.8 Å². The monoisotopic (exact) mass is 315 g/mol. The molecule has 0 bridgehead atoms. The van der Waals surface area contributed by atoms with E-state index < -0.39 is 23.9 Å². The van der Waals surface area contributed by atoms with Gasteiger partial charge < -0.3 is 19.9 Å². The van der Waals surface area contributed by atoms with E-state index in [0.717, 1.165) is 11.3 Å². The maximum atomic E-state index is 12.0. The molecule has 21 heavy (non-hydrogen) atoms. The summed E-state index contributed by atoms with van der Waals surface area (Å²) >= 11 is 1.15. The largest absolute Gasteiger partial charge is 0.495 e. The molecule has 0 spiro atoms. The van der Waals surface area contributed by atoms with Crippen LogP contribution in [0, 0.1) is 0 Å². The molecule has 1 aromatic rings.